The van der Waals surface area contributed by atoms with Crippen molar-refractivity contribution >= 4 is 37.0 Å². The lowest BCUT2D eigenvalue weighted by atomic mass is 9.81. The van der Waals surface area contributed by atoms with Gasteiger partial charge in [0.05, 0.1) is 109 Å². The molecule has 30 nitrogen and oxygen atoms in total. The minimum absolute atomic E-state index is 0.00114. The molecule has 1 aliphatic carbocycles. The van der Waals surface area contributed by atoms with Crippen LogP contribution < -0.4 is 21.3 Å². The van der Waals surface area contributed by atoms with Crippen molar-refractivity contribution in [3.8, 4) is 0 Å². The van der Waals surface area contributed by atoms with Gasteiger partial charge in [-0.15, -0.1) is 0 Å². The van der Waals surface area contributed by atoms with E-state index in [1.54, 1.807) is 34.6 Å². The first kappa shape index (κ1) is 74.4. The molecule has 4 amide bonds. The van der Waals surface area contributed by atoms with Crippen LogP contribution in [0.3, 0.4) is 0 Å². The van der Waals surface area contributed by atoms with Crippen molar-refractivity contribution in [2.75, 3.05) is 98.9 Å². The van der Waals surface area contributed by atoms with Gasteiger partial charge in [0.2, 0.25) is 23.6 Å². The first-order chi connectivity index (χ1) is 40.4. The number of carbonyl (C=O) groups excluding carboxylic acids is 5. The third kappa shape index (κ3) is 24.4. The molecule has 18 unspecified atom stereocenters. The monoisotopic (exact) mass is 1250 g/mol. The van der Waals surface area contributed by atoms with E-state index in [0.29, 0.717) is 25.7 Å². The Balaban J connectivity index is 1.32. The van der Waals surface area contributed by atoms with Gasteiger partial charge in [-0.1, -0.05) is 34.6 Å². The number of Topliss-reactive ketones (excluding diaryl/α,β-unsaturated/α-hetero) is 1. The fourth-order valence-corrected chi connectivity index (χ4v) is 10.9. The average molecular weight is 1250 g/mol. The van der Waals surface area contributed by atoms with Gasteiger partial charge in [-0.3, -0.25) is 28.5 Å². The van der Waals surface area contributed by atoms with Gasteiger partial charge in [-0.05, 0) is 38.5 Å². The zero-order valence-electron chi connectivity index (χ0n) is 49.5. The highest BCUT2D eigenvalue weighted by molar-refractivity contribution is 7.53. The van der Waals surface area contributed by atoms with Crippen molar-refractivity contribution < 1.29 is 127 Å². The maximum absolute atomic E-state index is 13.8. The van der Waals surface area contributed by atoms with Crippen LogP contribution in [0.4, 0.5) is 0 Å². The molecule has 14 N–H and O–H groups in total. The number of hydrogen-bond acceptors (Lipinski definition) is 25. The molecule has 0 aromatic carbocycles. The lowest BCUT2D eigenvalue weighted by Crippen LogP contribution is -2.55. The minimum Gasteiger partial charge on any atom is -0.394 e. The van der Waals surface area contributed by atoms with E-state index in [1.807, 2.05) is 0 Å². The maximum Gasteiger partial charge on any atom is 0.330 e. The molecule has 4 aliphatic rings. The van der Waals surface area contributed by atoms with Crippen LogP contribution in [0.15, 0.2) is 0 Å². The van der Waals surface area contributed by atoms with E-state index in [4.69, 9.17) is 47.2 Å². The summed E-state index contributed by atoms with van der Waals surface area (Å²) in [6, 6.07) is -1.26. The third-order valence-electron chi connectivity index (χ3n) is 15.7. The van der Waals surface area contributed by atoms with E-state index in [9.17, 15) is 79.4 Å². The fourth-order valence-electron chi connectivity index (χ4n) is 10.00. The Hall–Kier alpha value is -3.02. The maximum atomic E-state index is 13.8. The van der Waals surface area contributed by atoms with Crippen LogP contribution in [-0.2, 0) is 75.7 Å². The van der Waals surface area contributed by atoms with Crippen LogP contribution in [0, 0.1) is 29.6 Å². The molecule has 0 spiro atoms. The second-order valence-corrected chi connectivity index (χ2v) is 24.8. The fraction of sp³-hybridized carbons (Fsp3) is 0.907. The molecular weight excluding hydrogens is 1150 g/mol. The van der Waals surface area contributed by atoms with E-state index < -0.39 is 172 Å². The first-order valence-corrected chi connectivity index (χ1v) is 31.2. The molecule has 4 fully saturated rings. The molecule has 494 valence electrons. The van der Waals surface area contributed by atoms with Gasteiger partial charge in [0.25, 0.3) is 0 Å². The number of carbonyl (C=O) groups is 5. The summed E-state index contributed by atoms with van der Waals surface area (Å²) in [6.45, 7) is 6.69. The summed E-state index contributed by atoms with van der Waals surface area (Å²) in [7, 11) is -3.86. The van der Waals surface area contributed by atoms with Crippen LogP contribution in [0.2, 0.25) is 0 Å². The van der Waals surface area contributed by atoms with E-state index in [1.165, 1.54) is 0 Å². The van der Waals surface area contributed by atoms with Gasteiger partial charge < -0.3 is 119 Å². The molecule has 3 saturated heterocycles. The van der Waals surface area contributed by atoms with Gasteiger partial charge >= 0.3 is 7.60 Å². The second-order valence-electron chi connectivity index (χ2n) is 22.4. The molecule has 0 radical (unpaired) electrons. The minimum atomic E-state index is -3.86. The third-order valence-corrected chi connectivity index (χ3v) is 17.6. The predicted molar refractivity (Wildman–Crippen MR) is 295 cm³/mol. The van der Waals surface area contributed by atoms with Gasteiger partial charge in [0, 0.05) is 68.5 Å². The number of ketones is 1. The van der Waals surface area contributed by atoms with Crippen molar-refractivity contribution in [3.05, 3.63) is 0 Å². The van der Waals surface area contributed by atoms with Crippen molar-refractivity contribution in [3.63, 3.8) is 0 Å². The number of aliphatic hydroxyl groups is 9. The zero-order valence-corrected chi connectivity index (χ0v) is 50.4. The highest BCUT2D eigenvalue weighted by Crippen LogP contribution is 2.50. The first-order valence-electron chi connectivity index (χ1n) is 29.5. The van der Waals surface area contributed by atoms with E-state index in [0.717, 1.165) is 0 Å². The molecule has 1 saturated carbocycles. The normalized spacial score (nSPS) is 32.2. The Labute approximate surface area is 496 Å². The Morgan fingerprint density at radius 2 is 0.929 bits per heavy atom. The van der Waals surface area contributed by atoms with Crippen LogP contribution >= 0.6 is 7.60 Å². The van der Waals surface area contributed by atoms with Crippen LogP contribution in [0.1, 0.15) is 92.4 Å². The molecule has 31 heteroatoms. The van der Waals surface area contributed by atoms with E-state index in [2.05, 4.69) is 21.3 Å². The Kier molecular flexibility index (Phi) is 33.7. The number of rotatable bonds is 39. The van der Waals surface area contributed by atoms with Crippen molar-refractivity contribution in [2.24, 2.45) is 29.6 Å². The summed E-state index contributed by atoms with van der Waals surface area (Å²) in [6.07, 6.45) is -13.5. The molecule has 0 aromatic heterocycles. The highest BCUT2D eigenvalue weighted by atomic mass is 31.2. The topological polar surface area (TPSA) is 445 Å². The molecule has 18 atom stereocenters. The standard InChI is InChI=1S/C54H97N4O26P/c1-30(2)85(73,74)84-36-9-6-34(7-10-36)38(62)26-35(50(71)56-15-18-76-21-24-79-53-32(4)45(66)48(69)40(28-60)82-53)8-12-43(64)58-37(51(72)57-16-19-77-22-25-80-54-33(5)46(67)49(70)41(29-61)83-54)11-13-42(63)55-14-17-75-20-23-78-52-31(3)44(65)47(68)39(27-59)81-52/h30-37,39-41,44-49,52-54,59-61,65-70H,6-29H2,1-5H3,(H,55,63)(H,56,71)(H,57,72)(H,58,64)(H,73,74). The van der Waals surface area contributed by atoms with Gasteiger partial charge in [0.1, 0.15) is 48.4 Å². The van der Waals surface area contributed by atoms with Crippen molar-refractivity contribution in [2.45, 2.75) is 184 Å². The quantitative estimate of drug-likeness (QED) is 0.0209. The number of amides is 4. The van der Waals surface area contributed by atoms with Gasteiger partial charge in [-0.2, -0.15) is 0 Å². The van der Waals surface area contributed by atoms with E-state index in [-0.39, 0.29) is 117 Å². The largest absolute Gasteiger partial charge is 0.394 e. The number of nitrogens with one attached hydrogen (secondary N) is 4. The summed E-state index contributed by atoms with van der Waals surface area (Å²) < 4.78 is 68.5. The van der Waals surface area contributed by atoms with Crippen LogP contribution in [-0.4, -0.2) is 271 Å². The van der Waals surface area contributed by atoms with Crippen LogP contribution in [0.5, 0.6) is 0 Å². The molecule has 4 rings (SSSR count). The number of aliphatic hydroxyl groups excluding tert-OH is 9. The smallest absolute Gasteiger partial charge is 0.330 e. The van der Waals surface area contributed by atoms with Crippen molar-refractivity contribution in [1.82, 2.24) is 21.3 Å². The SMILES string of the molecule is CC1C(OCCOCCNC(=O)CCC(NC(=O)CCC(CC(=O)C2CCC(OP(=O)(O)C(C)C)CC2)C(=O)NCCOCCOC2OC(CO)C(O)C(O)C2C)C(=O)NCCOCCOC2OC(CO)C(O)C(O)C2C)OC(CO)C(O)C1O. The number of hydrogen-bond donors (Lipinski definition) is 14. The lowest BCUT2D eigenvalue weighted by molar-refractivity contribution is -0.284. The van der Waals surface area contributed by atoms with Gasteiger partial charge in [-0.25, -0.2) is 0 Å². The molecule has 3 heterocycles. The predicted octanol–water partition coefficient (Wildman–Crippen LogP) is -3.55. The highest BCUT2D eigenvalue weighted by Gasteiger charge is 2.45. The molecular formula is C54H97N4O26P. The molecule has 0 aromatic rings. The molecule has 0 bridgehead atoms. The van der Waals surface area contributed by atoms with Crippen LogP contribution in [0.25, 0.3) is 0 Å². The van der Waals surface area contributed by atoms with Gasteiger partial charge in [0.15, 0.2) is 18.9 Å². The Bertz CT molecular complexity index is 2020. The summed E-state index contributed by atoms with van der Waals surface area (Å²) in [4.78, 5) is 78.3. The summed E-state index contributed by atoms with van der Waals surface area (Å²) in [5.74, 6) is -5.91. The molecule has 3 aliphatic heterocycles. The summed E-state index contributed by atoms with van der Waals surface area (Å²) in [5, 5.41) is 100. The number of ether oxygens (including phenoxy) is 9. The zero-order chi connectivity index (χ0) is 62.8. The van der Waals surface area contributed by atoms with E-state index >= 15 is 0 Å². The summed E-state index contributed by atoms with van der Waals surface area (Å²) >= 11 is 0. The van der Waals surface area contributed by atoms with Crippen molar-refractivity contribution in [1.29, 1.82) is 0 Å². The lowest BCUT2D eigenvalue weighted by Gasteiger charge is -2.40. The second kappa shape index (κ2) is 38.5. The Morgan fingerprint density at radius 1 is 0.529 bits per heavy atom. The molecule has 85 heavy (non-hydrogen) atoms. The Morgan fingerprint density at radius 3 is 1.34 bits per heavy atom. The average Bonchev–Trinajstić information content (AvgIpc) is 3.64. The summed E-state index contributed by atoms with van der Waals surface area (Å²) in [5.41, 5.74) is -0.610.